The minimum atomic E-state index is -0.488. The van der Waals surface area contributed by atoms with Gasteiger partial charge in [-0.25, -0.2) is 0 Å². The highest BCUT2D eigenvalue weighted by atomic mass is 19.1. The minimum absolute atomic E-state index is 0.146. The Bertz CT molecular complexity index is 439. The van der Waals surface area contributed by atoms with Gasteiger partial charge in [0.15, 0.2) is 5.95 Å². The lowest BCUT2D eigenvalue weighted by Crippen LogP contribution is -2.21. The van der Waals surface area contributed by atoms with Crippen LogP contribution in [-0.2, 0) is 4.79 Å². The van der Waals surface area contributed by atoms with Crippen LogP contribution in [0.3, 0.4) is 0 Å². The normalized spacial score (nSPS) is 16.5. The number of benzene rings is 1. The molecule has 1 aromatic carbocycles. The molecule has 4 heteroatoms. The molecule has 0 unspecified atom stereocenters. The molecule has 1 fully saturated rings. The predicted octanol–water partition coefficient (Wildman–Crippen LogP) is 2.59. The maximum Gasteiger partial charge on any atom is 0.228 e. The van der Waals surface area contributed by atoms with E-state index in [1.54, 1.807) is 31.4 Å². The van der Waals surface area contributed by atoms with Crippen molar-refractivity contribution in [2.75, 3.05) is 13.7 Å². The summed E-state index contributed by atoms with van der Waals surface area (Å²) >= 11 is 0. The molecule has 1 amide bonds. The summed E-state index contributed by atoms with van der Waals surface area (Å²) in [5, 5.41) is 0. The number of hydrogen-bond donors (Lipinski definition) is 0. The van der Waals surface area contributed by atoms with Crippen LogP contribution in [-0.4, -0.2) is 24.5 Å². The van der Waals surface area contributed by atoms with E-state index in [9.17, 15) is 9.18 Å². The highest BCUT2D eigenvalue weighted by Crippen LogP contribution is 2.20. The Hall–Kier alpha value is -1.84. The molecule has 0 spiro atoms. The smallest absolute Gasteiger partial charge is 0.228 e. The first-order valence-corrected chi connectivity index (χ1v) is 5.52. The van der Waals surface area contributed by atoms with Crippen LogP contribution >= 0.6 is 0 Å². The van der Waals surface area contributed by atoms with E-state index < -0.39 is 5.95 Å². The van der Waals surface area contributed by atoms with Crippen molar-refractivity contribution in [1.29, 1.82) is 0 Å². The quantitative estimate of drug-likeness (QED) is 0.754. The summed E-state index contributed by atoms with van der Waals surface area (Å²) in [5.74, 6) is 0.0877. The van der Waals surface area contributed by atoms with Crippen LogP contribution in [0.4, 0.5) is 4.39 Å². The fraction of sp³-hybridized carbons (Fsp3) is 0.308. The summed E-state index contributed by atoms with van der Waals surface area (Å²) in [6, 6.07) is 7.01. The van der Waals surface area contributed by atoms with Crippen molar-refractivity contribution in [3.63, 3.8) is 0 Å². The van der Waals surface area contributed by atoms with Crippen LogP contribution in [0.5, 0.6) is 5.75 Å². The molecule has 0 saturated carbocycles. The largest absolute Gasteiger partial charge is 0.497 e. The average Bonchev–Trinajstić information content (AvgIpc) is 2.76. The summed E-state index contributed by atoms with van der Waals surface area (Å²) < 4.78 is 18.8. The van der Waals surface area contributed by atoms with Gasteiger partial charge in [-0.1, -0.05) is 12.1 Å². The summed E-state index contributed by atoms with van der Waals surface area (Å²) in [5.41, 5.74) is 0.711. The number of halogens is 1. The van der Waals surface area contributed by atoms with Gasteiger partial charge in [0, 0.05) is 13.0 Å². The van der Waals surface area contributed by atoms with Gasteiger partial charge in [-0.2, -0.15) is 4.39 Å². The lowest BCUT2D eigenvalue weighted by Gasteiger charge is -2.12. The zero-order valence-corrected chi connectivity index (χ0v) is 9.65. The maximum absolute atomic E-state index is 13.8. The van der Waals surface area contributed by atoms with Crippen LogP contribution < -0.4 is 4.74 Å². The molecule has 90 valence electrons. The number of ether oxygens (including phenoxy) is 1. The Balaban J connectivity index is 2.14. The van der Waals surface area contributed by atoms with E-state index in [0.29, 0.717) is 18.5 Å². The highest BCUT2D eigenvalue weighted by molar-refractivity contribution is 5.80. The molecule has 1 heterocycles. The van der Waals surface area contributed by atoms with E-state index in [0.717, 1.165) is 12.2 Å². The third kappa shape index (κ3) is 2.64. The molecule has 0 radical (unpaired) electrons. The van der Waals surface area contributed by atoms with Gasteiger partial charge >= 0.3 is 0 Å². The molecular weight excluding hydrogens is 221 g/mol. The summed E-state index contributed by atoms with van der Waals surface area (Å²) in [6.07, 6.45) is 2.52. The molecule has 1 aromatic rings. The first-order chi connectivity index (χ1) is 8.20. The van der Waals surface area contributed by atoms with E-state index >= 15 is 0 Å². The first kappa shape index (κ1) is 11.6. The zero-order valence-electron chi connectivity index (χ0n) is 9.65. The minimum Gasteiger partial charge on any atom is -0.497 e. The monoisotopic (exact) mass is 235 g/mol. The van der Waals surface area contributed by atoms with E-state index in [1.165, 1.54) is 11.0 Å². The van der Waals surface area contributed by atoms with Crippen molar-refractivity contribution >= 4 is 12.0 Å². The van der Waals surface area contributed by atoms with Gasteiger partial charge in [0.25, 0.3) is 0 Å². The van der Waals surface area contributed by atoms with Gasteiger partial charge in [0.2, 0.25) is 5.91 Å². The third-order valence-electron chi connectivity index (χ3n) is 2.73. The van der Waals surface area contributed by atoms with Gasteiger partial charge in [-0.15, -0.1) is 0 Å². The number of methoxy groups -OCH3 is 1. The van der Waals surface area contributed by atoms with Crippen molar-refractivity contribution in [3.8, 4) is 5.75 Å². The van der Waals surface area contributed by atoms with E-state index in [2.05, 4.69) is 0 Å². The molecule has 17 heavy (non-hydrogen) atoms. The van der Waals surface area contributed by atoms with Gasteiger partial charge < -0.3 is 4.74 Å². The standard InChI is InChI=1S/C13H14FNO2/c1-17-11-6-4-10(5-7-11)9-12(14)15-8-2-3-13(15)16/h4-7,9H,2-3,8H2,1H3/b12-9+. The molecule has 0 aromatic heterocycles. The van der Waals surface area contributed by atoms with Crippen LogP contribution in [0.25, 0.3) is 6.08 Å². The summed E-state index contributed by atoms with van der Waals surface area (Å²) in [4.78, 5) is 12.5. The highest BCUT2D eigenvalue weighted by Gasteiger charge is 2.23. The second kappa shape index (κ2) is 4.99. The number of amides is 1. The second-order valence-corrected chi connectivity index (χ2v) is 3.89. The molecule has 3 nitrogen and oxygen atoms in total. The van der Waals surface area contributed by atoms with E-state index in [1.807, 2.05) is 0 Å². The van der Waals surface area contributed by atoms with Crippen LogP contribution in [0.1, 0.15) is 18.4 Å². The SMILES string of the molecule is COc1ccc(/C=C(\F)N2CCCC2=O)cc1. The molecule has 1 aliphatic rings. The Morgan fingerprint density at radius 3 is 2.65 bits per heavy atom. The average molecular weight is 235 g/mol. The molecule has 0 N–H and O–H groups in total. The van der Waals surface area contributed by atoms with E-state index in [4.69, 9.17) is 4.74 Å². The second-order valence-electron chi connectivity index (χ2n) is 3.89. The van der Waals surface area contributed by atoms with Crippen molar-refractivity contribution in [2.45, 2.75) is 12.8 Å². The van der Waals surface area contributed by atoms with Crippen molar-refractivity contribution < 1.29 is 13.9 Å². The van der Waals surface area contributed by atoms with Gasteiger partial charge in [0.1, 0.15) is 5.75 Å². The molecule has 1 aliphatic heterocycles. The Labute approximate surface area is 99.5 Å². The van der Waals surface area contributed by atoms with Crippen molar-refractivity contribution in [2.24, 2.45) is 0 Å². The molecule has 0 aliphatic carbocycles. The fourth-order valence-electron chi connectivity index (χ4n) is 1.79. The molecular formula is C13H14FNO2. The number of carbonyl (C=O) groups is 1. The Kier molecular flexibility index (Phi) is 3.42. The molecule has 1 saturated heterocycles. The van der Waals surface area contributed by atoms with E-state index in [-0.39, 0.29) is 5.91 Å². The lowest BCUT2D eigenvalue weighted by atomic mass is 10.2. The molecule has 0 atom stereocenters. The van der Waals surface area contributed by atoms with Crippen LogP contribution in [0.2, 0.25) is 0 Å². The summed E-state index contributed by atoms with van der Waals surface area (Å²) in [7, 11) is 1.58. The number of rotatable bonds is 3. The number of likely N-dealkylation sites (tertiary alicyclic amines) is 1. The number of hydrogen-bond acceptors (Lipinski definition) is 2. The topological polar surface area (TPSA) is 29.5 Å². The maximum atomic E-state index is 13.8. The number of nitrogens with zero attached hydrogens (tertiary/aromatic N) is 1. The molecule has 0 bridgehead atoms. The van der Waals surface area contributed by atoms with Gasteiger partial charge in [-0.3, -0.25) is 9.69 Å². The Morgan fingerprint density at radius 1 is 1.41 bits per heavy atom. The van der Waals surface area contributed by atoms with Crippen molar-refractivity contribution in [1.82, 2.24) is 4.90 Å². The zero-order chi connectivity index (χ0) is 12.3. The lowest BCUT2D eigenvalue weighted by molar-refractivity contribution is -0.126. The summed E-state index contributed by atoms with van der Waals surface area (Å²) in [6.45, 7) is 0.470. The predicted molar refractivity (Wildman–Crippen MR) is 63.0 cm³/mol. The fourth-order valence-corrected chi connectivity index (χ4v) is 1.79. The third-order valence-corrected chi connectivity index (χ3v) is 2.73. The van der Waals surface area contributed by atoms with Crippen molar-refractivity contribution in [3.05, 3.63) is 35.8 Å². The molecule has 2 rings (SSSR count). The van der Waals surface area contributed by atoms with Crippen LogP contribution in [0, 0.1) is 0 Å². The Morgan fingerprint density at radius 2 is 2.12 bits per heavy atom. The first-order valence-electron chi connectivity index (χ1n) is 5.52. The number of carbonyl (C=O) groups excluding carboxylic acids is 1. The van der Waals surface area contributed by atoms with Crippen LogP contribution in [0.15, 0.2) is 30.2 Å². The van der Waals surface area contributed by atoms with Gasteiger partial charge in [0.05, 0.1) is 7.11 Å². The van der Waals surface area contributed by atoms with Gasteiger partial charge in [-0.05, 0) is 30.2 Å².